The van der Waals surface area contributed by atoms with Gasteiger partial charge in [0.05, 0.1) is 18.1 Å². The maximum absolute atomic E-state index is 13.4. The molecule has 6 heteroatoms. The van der Waals surface area contributed by atoms with E-state index in [4.69, 9.17) is 0 Å². The van der Waals surface area contributed by atoms with Gasteiger partial charge in [0.1, 0.15) is 17.3 Å². The Morgan fingerprint density at radius 3 is 2.65 bits per heavy atom. The van der Waals surface area contributed by atoms with Crippen LogP contribution in [0, 0.1) is 5.82 Å². The monoisotopic (exact) mass is 272 g/mol. The smallest absolute Gasteiger partial charge is 0.275 e. The highest BCUT2D eigenvalue weighted by Gasteiger charge is 2.21. The van der Waals surface area contributed by atoms with E-state index in [0.717, 1.165) is 12.8 Å². The highest BCUT2D eigenvalue weighted by atomic mass is 19.1. The van der Waals surface area contributed by atoms with Crippen molar-refractivity contribution in [2.45, 2.75) is 18.9 Å². The topological polar surface area (TPSA) is 66.9 Å². The summed E-state index contributed by atoms with van der Waals surface area (Å²) in [4.78, 5) is 20.1. The molecule has 1 aromatic carbocycles. The molecule has 0 aliphatic heterocycles. The van der Waals surface area contributed by atoms with Crippen LogP contribution in [0.4, 0.5) is 15.9 Å². The van der Waals surface area contributed by atoms with Crippen LogP contribution in [0.3, 0.4) is 0 Å². The zero-order valence-electron chi connectivity index (χ0n) is 10.6. The number of nitrogens with zero attached hydrogens (tertiary/aromatic N) is 2. The first kappa shape index (κ1) is 12.5. The van der Waals surface area contributed by atoms with Crippen LogP contribution in [0.25, 0.3) is 0 Å². The molecule has 3 rings (SSSR count). The van der Waals surface area contributed by atoms with Crippen molar-refractivity contribution in [1.29, 1.82) is 0 Å². The van der Waals surface area contributed by atoms with Crippen LogP contribution in [0.5, 0.6) is 0 Å². The van der Waals surface area contributed by atoms with Crippen molar-refractivity contribution in [2.75, 3.05) is 10.6 Å². The fraction of sp³-hybridized carbons (Fsp3) is 0.214. The number of amides is 1. The summed E-state index contributed by atoms with van der Waals surface area (Å²) in [6.07, 6.45) is 5.16. The standard InChI is InChI=1S/C14H13FN4O/c15-10-3-1-2-4-11(10)19-14(20)12-7-17-13(8-16-12)18-9-5-6-9/h1-4,7-9H,5-6H2,(H,17,18)(H,19,20). The van der Waals surface area contributed by atoms with Gasteiger partial charge in [-0.2, -0.15) is 0 Å². The number of nitrogens with one attached hydrogen (secondary N) is 2. The molecule has 1 aromatic heterocycles. The Morgan fingerprint density at radius 1 is 1.20 bits per heavy atom. The lowest BCUT2D eigenvalue weighted by molar-refractivity contribution is 0.102. The Morgan fingerprint density at radius 2 is 2.00 bits per heavy atom. The number of rotatable bonds is 4. The molecule has 2 N–H and O–H groups in total. The molecule has 0 bridgehead atoms. The number of halogens is 1. The zero-order chi connectivity index (χ0) is 13.9. The average Bonchev–Trinajstić information content (AvgIpc) is 3.26. The summed E-state index contributed by atoms with van der Waals surface area (Å²) >= 11 is 0. The minimum atomic E-state index is -0.486. The van der Waals surface area contributed by atoms with Gasteiger partial charge in [0.25, 0.3) is 5.91 Å². The van der Waals surface area contributed by atoms with E-state index in [1.54, 1.807) is 12.1 Å². The Balaban J connectivity index is 1.68. The number of hydrogen-bond acceptors (Lipinski definition) is 4. The lowest BCUT2D eigenvalue weighted by atomic mass is 10.3. The van der Waals surface area contributed by atoms with E-state index >= 15 is 0 Å². The van der Waals surface area contributed by atoms with Crippen molar-refractivity contribution in [1.82, 2.24) is 9.97 Å². The van der Waals surface area contributed by atoms with Crippen LogP contribution in [0.1, 0.15) is 23.3 Å². The van der Waals surface area contributed by atoms with E-state index in [1.165, 1.54) is 24.5 Å². The van der Waals surface area contributed by atoms with Gasteiger partial charge in [0.2, 0.25) is 0 Å². The molecule has 1 fully saturated rings. The highest BCUT2D eigenvalue weighted by molar-refractivity contribution is 6.02. The Labute approximate surface area is 115 Å². The van der Waals surface area contributed by atoms with Crippen LogP contribution < -0.4 is 10.6 Å². The SMILES string of the molecule is O=C(Nc1ccccc1F)c1cnc(NC2CC2)cn1. The molecule has 1 amide bonds. The number of carbonyl (C=O) groups excluding carboxylic acids is 1. The molecule has 2 aromatic rings. The maximum atomic E-state index is 13.4. The second-order valence-corrected chi connectivity index (χ2v) is 4.64. The summed E-state index contributed by atoms with van der Waals surface area (Å²) < 4.78 is 13.4. The van der Waals surface area contributed by atoms with Gasteiger partial charge in [-0.3, -0.25) is 4.79 Å². The van der Waals surface area contributed by atoms with Gasteiger partial charge in [0.15, 0.2) is 0 Å². The molecule has 102 valence electrons. The van der Waals surface area contributed by atoms with E-state index < -0.39 is 11.7 Å². The summed E-state index contributed by atoms with van der Waals surface area (Å²) in [6, 6.07) is 6.45. The molecule has 1 aliphatic carbocycles. The Hall–Kier alpha value is -2.50. The predicted molar refractivity (Wildman–Crippen MR) is 73.0 cm³/mol. The first-order valence-corrected chi connectivity index (χ1v) is 6.37. The van der Waals surface area contributed by atoms with Crippen LogP contribution in [0.15, 0.2) is 36.7 Å². The zero-order valence-corrected chi connectivity index (χ0v) is 10.6. The third kappa shape index (κ3) is 2.90. The van der Waals surface area contributed by atoms with E-state index in [0.29, 0.717) is 11.9 Å². The van der Waals surface area contributed by atoms with Gasteiger partial charge < -0.3 is 10.6 Å². The quantitative estimate of drug-likeness (QED) is 0.897. The summed E-state index contributed by atoms with van der Waals surface area (Å²) in [5.41, 5.74) is 0.272. The van der Waals surface area contributed by atoms with Crippen molar-refractivity contribution < 1.29 is 9.18 Å². The van der Waals surface area contributed by atoms with E-state index in [-0.39, 0.29) is 11.4 Å². The van der Waals surface area contributed by atoms with Gasteiger partial charge in [-0.15, -0.1) is 0 Å². The van der Waals surface area contributed by atoms with Gasteiger partial charge in [-0.1, -0.05) is 12.1 Å². The van der Waals surface area contributed by atoms with Crippen molar-refractivity contribution in [3.05, 3.63) is 48.2 Å². The van der Waals surface area contributed by atoms with Crippen molar-refractivity contribution >= 4 is 17.4 Å². The molecule has 5 nitrogen and oxygen atoms in total. The Bertz CT molecular complexity index is 625. The molecule has 1 aliphatic rings. The number of anilines is 2. The number of aromatic nitrogens is 2. The molecule has 0 spiro atoms. The fourth-order valence-electron chi connectivity index (χ4n) is 1.71. The minimum absolute atomic E-state index is 0.125. The third-order valence-electron chi connectivity index (χ3n) is 2.94. The number of carbonyl (C=O) groups is 1. The van der Waals surface area contributed by atoms with Crippen molar-refractivity contribution in [3.63, 3.8) is 0 Å². The second-order valence-electron chi connectivity index (χ2n) is 4.64. The van der Waals surface area contributed by atoms with Crippen LogP contribution >= 0.6 is 0 Å². The summed E-state index contributed by atoms with van der Waals surface area (Å²) in [7, 11) is 0. The van der Waals surface area contributed by atoms with Crippen LogP contribution in [0.2, 0.25) is 0 Å². The maximum Gasteiger partial charge on any atom is 0.275 e. The molecular weight excluding hydrogens is 259 g/mol. The summed E-state index contributed by atoms with van der Waals surface area (Å²) in [5.74, 6) is -0.323. The molecule has 20 heavy (non-hydrogen) atoms. The number of benzene rings is 1. The molecule has 0 atom stereocenters. The summed E-state index contributed by atoms with van der Waals surface area (Å²) in [5, 5.41) is 5.64. The van der Waals surface area contributed by atoms with Crippen molar-refractivity contribution in [2.24, 2.45) is 0 Å². The second kappa shape index (κ2) is 5.24. The van der Waals surface area contributed by atoms with E-state index in [2.05, 4.69) is 20.6 Å². The lowest BCUT2D eigenvalue weighted by Gasteiger charge is -2.06. The van der Waals surface area contributed by atoms with Gasteiger partial charge in [0, 0.05) is 6.04 Å². The molecular formula is C14H13FN4O. The molecule has 1 heterocycles. The normalized spacial score (nSPS) is 13.8. The minimum Gasteiger partial charge on any atom is -0.366 e. The first-order chi connectivity index (χ1) is 9.72. The highest BCUT2D eigenvalue weighted by Crippen LogP contribution is 2.23. The lowest BCUT2D eigenvalue weighted by Crippen LogP contribution is -2.15. The van der Waals surface area contributed by atoms with Gasteiger partial charge in [-0.25, -0.2) is 14.4 Å². The predicted octanol–water partition coefficient (Wildman–Crippen LogP) is 2.44. The third-order valence-corrected chi connectivity index (χ3v) is 2.94. The fourth-order valence-corrected chi connectivity index (χ4v) is 1.71. The van der Waals surface area contributed by atoms with Gasteiger partial charge >= 0.3 is 0 Å². The van der Waals surface area contributed by atoms with Crippen LogP contribution in [-0.2, 0) is 0 Å². The number of para-hydroxylation sites is 1. The molecule has 0 saturated heterocycles. The average molecular weight is 272 g/mol. The molecule has 0 unspecified atom stereocenters. The van der Waals surface area contributed by atoms with E-state index in [1.807, 2.05) is 0 Å². The van der Waals surface area contributed by atoms with E-state index in [9.17, 15) is 9.18 Å². The number of hydrogen-bond donors (Lipinski definition) is 2. The largest absolute Gasteiger partial charge is 0.366 e. The van der Waals surface area contributed by atoms with Gasteiger partial charge in [-0.05, 0) is 25.0 Å². The van der Waals surface area contributed by atoms with Crippen molar-refractivity contribution in [3.8, 4) is 0 Å². The molecule has 1 saturated carbocycles. The first-order valence-electron chi connectivity index (χ1n) is 6.37. The Kier molecular flexibility index (Phi) is 3.28. The van der Waals surface area contributed by atoms with Crippen LogP contribution in [-0.4, -0.2) is 21.9 Å². The summed E-state index contributed by atoms with van der Waals surface area (Å²) in [6.45, 7) is 0. The molecule has 0 radical (unpaired) electrons.